The Kier molecular flexibility index (Phi) is 4.73. The van der Waals surface area contributed by atoms with E-state index in [2.05, 4.69) is 10.6 Å². The van der Waals surface area contributed by atoms with Gasteiger partial charge in [-0.25, -0.2) is 0 Å². The van der Waals surface area contributed by atoms with Crippen LogP contribution in [0, 0.1) is 13.8 Å². The molecule has 2 amide bonds. The number of rotatable bonds is 3. The first-order valence-electron chi connectivity index (χ1n) is 5.66. The average Bonchev–Trinajstić information content (AvgIpc) is 2.21. The molecule has 5 heteroatoms. The Balaban J connectivity index is 2.85. The molecule has 1 aromatic carbocycles. The van der Waals surface area contributed by atoms with Crippen molar-refractivity contribution < 1.29 is 9.59 Å². The number of halogens is 1. The second-order valence-corrected chi connectivity index (χ2v) is 4.76. The minimum absolute atomic E-state index is 0.246. The fraction of sp³-hybridized carbons (Fsp3) is 0.385. The number of benzene rings is 1. The third-order valence-corrected chi connectivity index (χ3v) is 2.79. The molecule has 18 heavy (non-hydrogen) atoms. The molecule has 2 N–H and O–H groups in total. The van der Waals surface area contributed by atoms with E-state index in [0.29, 0.717) is 10.7 Å². The van der Waals surface area contributed by atoms with Gasteiger partial charge < -0.3 is 10.6 Å². The molecule has 4 nitrogen and oxygen atoms in total. The number of amides is 2. The first-order valence-corrected chi connectivity index (χ1v) is 6.03. The van der Waals surface area contributed by atoms with E-state index < -0.39 is 6.04 Å². The summed E-state index contributed by atoms with van der Waals surface area (Å²) in [6, 6.07) is 3.12. The number of nitrogens with one attached hydrogen (secondary N) is 2. The van der Waals surface area contributed by atoms with Crippen LogP contribution in [0.4, 0.5) is 5.69 Å². The molecular weight excluding hydrogens is 252 g/mol. The Morgan fingerprint density at radius 1 is 1.28 bits per heavy atom. The van der Waals surface area contributed by atoms with Gasteiger partial charge in [0.05, 0.1) is 10.7 Å². The Morgan fingerprint density at radius 2 is 1.89 bits per heavy atom. The minimum Gasteiger partial charge on any atom is -0.345 e. The quantitative estimate of drug-likeness (QED) is 0.885. The lowest BCUT2D eigenvalue weighted by atomic mass is 10.1. The highest BCUT2D eigenvalue weighted by Gasteiger charge is 2.16. The number of aryl methyl sites for hydroxylation is 2. The summed E-state index contributed by atoms with van der Waals surface area (Å²) < 4.78 is 0. The van der Waals surface area contributed by atoms with Crippen molar-refractivity contribution in [3.8, 4) is 0 Å². The van der Waals surface area contributed by atoms with E-state index in [1.54, 1.807) is 13.0 Å². The Morgan fingerprint density at radius 3 is 2.39 bits per heavy atom. The van der Waals surface area contributed by atoms with Gasteiger partial charge in [0, 0.05) is 6.92 Å². The van der Waals surface area contributed by atoms with Gasteiger partial charge in [0.25, 0.3) is 0 Å². The lowest BCUT2D eigenvalue weighted by molar-refractivity contribution is -0.124. The maximum atomic E-state index is 11.9. The van der Waals surface area contributed by atoms with E-state index in [9.17, 15) is 9.59 Å². The summed E-state index contributed by atoms with van der Waals surface area (Å²) in [5.74, 6) is -0.538. The number of hydrogen-bond donors (Lipinski definition) is 2. The molecule has 98 valence electrons. The molecule has 1 aromatic rings. The standard InChI is InChI=1S/C13H17ClN2O2/c1-7-5-8(2)12(11(14)6-7)16-13(18)9(3)15-10(4)17/h5-6,9H,1-4H3,(H,15,17)(H,16,18). The van der Waals surface area contributed by atoms with Gasteiger partial charge in [-0.3, -0.25) is 9.59 Å². The zero-order chi connectivity index (χ0) is 13.9. The number of hydrogen-bond acceptors (Lipinski definition) is 2. The lowest BCUT2D eigenvalue weighted by Gasteiger charge is -2.15. The van der Waals surface area contributed by atoms with Gasteiger partial charge >= 0.3 is 0 Å². The van der Waals surface area contributed by atoms with Gasteiger partial charge in [-0.15, -0.1) is 0 Å². The lowest BCUT2D eigenvalue weighted by Crippen LogP contribution is -2.40. The van der Waals surface area contributed by atoms with E-state index in [-0.39, 0.29) is 11.8 Å². The molecule has 0 aliphatic rings. The van der Waals surface area contributed by atoms with Crippen molar-refractivity contribution in [3.63, 3.8) is 0 Å². The van der Waals surface area contributed by atoms with Crippen LogP contribution in [0.25, 0.3) is 0 Å². The molecule has 0 spiro atoms. The molecule has 0 aliphatic carbocycles. The molecule has 0 saturated heterocycles. The zero-order valence-electron chi connectivity index (χ0n) is 10.9. The molecule has 1 rings (SSSR count). The van der Waals surface area contributed by atoms with Gasteiger partial charge in [0.15, 0.2) is 0 Å². The predicted octanol–water partition coefficient (Wildman–Crippen LogP) is 2.42. The van der Waals surface area contributed by atoms with Crippen LogP contribution >= 0.6 is 11.6 Å². The van der Waals surface area contributed by atoms with E-state index in [1.807, 2.05) is 19.9 Å². The minimum atomic E-state index is -0.598. The Hall–Kier alpha value is -1.55. The molecular formula is C13H17ClN2O2. The third-order valence-electron chi connectivity index (χ3n) is 2.49. The predicted molar refractivity (Wildman–Crippen MR) is 72.8 cm³/mol. The second kappa shape index (κ2) is 5.87. The number of anilines is 1. The van der Waals surface area contributed by atoms with E-state index in [1.165, 1.54) is 6.92 Å². The third kappa shape index (κ3) is 3.74. The van der Waals surface area contributed by atoms with Crippen LogP contribution in [-0.4, -0.2) is 17.9 Å². The van der Waals surface area contributed by atoms with E-state index >= 15 is 0 Å². The normalized spacial score (nSPS) is 11.8. The molecule has 0 fully saturated rings. The Labute approximate surface area is 112 Å². The van der Waals surface area contributed by atoms with Crippen molar-refractivity contribution in [3.05, 3.63) is 28.3 Å². The molecule has 0 radical (unpaired) electrons. The summed E-state index contributed by atoms with van der Waals surface area (Å²) in [6.45, 7) is 6.80. The Bertz CT molecular complexity index is 463. The summed E-state index contributed by atoms with van der Waals surface area (Å²) >= 11 is 6.09. The highest BCUT2D eigenvalue weighted by molar-refractivity contribution is 6.34. The largest absolute Gasteiger partial charge is 0.345 e. The SMILES string of the molecule is CC(=O)NC(C)C(=O)Nc1c(C)cc(C)cc1Cl. The highest BCUT2D eigenvalue weighted by atomic mass is 35.5. The smallest absolute Gasteiger partial charge is 0.246 e. The summed E-state index contributed by atoms with van der Waals surface area (Å²) in [7, 11) is 0. The van der Waals surface area contributed by atoms with Crippen LogP contribution in [-0.2, 0) is 9.59 Å². The molecule has 0 aromatic heterocycles. The molecule has 1 unspecified atom stereocenters. The number of carbonyl (C=O) groups is 2. The fourth-order valence-corrected chi connectivity index (χ4v) is 2.04. The summed E-state index contributed by atoms with van der Waals surface area (Å²) in [4.78, 5) is 22.7. The zero-order valence-corrected chi connectivity index (χ0v) is 11.7. The van der Waals surface area contributed by atoms with Crippen molar-refractivity contribution in [1.82, 2.24) is 5.32 Å². The van der Waals surface area contributed by atoms with Crippen LogP contribution < -0.4 is 10.6 Å². The molecule has 0 heterocycles. The average molecular weight is 269 g/mol. The molecule has 1 atom stereocenters. The van der Waals surface area contributed by atoms with Gasteiger partial charge in [-0.1, -0.05) is 17.7 Å². The van der Waals surface area contributed by atoms with Crippen LogP contribution in [0.2, 0.25) is 5.02 Å². The molecule has 0 saturated carbocycles. The topological polar surface area (TPSA) is 58.2 Å². The monoisotopic (exact) mass is 268 g/mol. The van der Waals surface area contributed by atoms with Crippen molar-refractivity contribution in [2.24, 2.45) is 0 Å². The molecule has 0 aliphatic heterocycles. The van der Waals surface area contributed by atoms with E-state index in [0.717, 1.165) is 11.1 Å². The summed E-state index contributed by atoms with van der Waals surface area (Å²) in [6.07, 6.45) is 0. The maximum absolute atomic E-state index is 11.9. The molecule has 0 bridgehead atoms. The maximum Gasteiger partial charge on any atom is 0.246 e. The van der Waals surface area contributed by atoms with Crippen LogP contribution in [0.1, 0.15) is 25.0 Å². The van der Waals surface area contributed by atoms with Crippen LogP contribution in [0.5, 0.6) is 0 Å². The summed E-state index contributed by atoms with van der Waals surface area (Å²) in [5, 5.41) is 5.74. The van der Waals surface area contributed by atoms with Gasteiger partial charge in [0.1, 0.15) is 6.04 Å². The van der Waals surface area contributed by atoms with Crippen molar-refractivity contribution in [1.29, 1.82) is 0 Å². The fourth-order valence-electron chi connectivity index (χ4n) is 1.68. The van der Waals surface area contributed by atoms with Crippen molar-refractivity contribution in [2.45, 2.75) is 33.7 Å². The highest BCUT2D eigenvalue weighted by Crippen LogP contribution is 2.27. The summed E-state index contributed by atoms with van der Waals surface area (Å²) in [5.41, 5.74) is 2.51. The van der Waals surface area contributed by atoms with Crippen molar-refractivity contribution in [2.75, 3.05) is 5.32 Å². The van der Waals surface area contributed by atoms with Gasteiger partial charge in [-0.2, -0.15) is 0 Å². The van der Waals surface area contributed by atoms with Gasteiger partial charge in [0.2, 0.25) is 11.8 Å². The van der Waals surface area contributed by atoms with Crippen molar-refractivity contribution >= 4 is 29.1 Å². The van der Waals surface area contributed by atoms with Crippen LogP contribution in [0.15, 0.2) is 12.1 Å². The van der Waals surface area contributed by atoms with Crippen LogP contribution in [0.3, 0.4) is 0 Å². The van der Waals surface area contributed by atoms with Gasteiger partial charge in [-0.05, 0) is 38.0 Å². The van der Waals surface area contributed by atoms with E-state index in [4.69, 9.17) is 11.6 Å². The first-order chi connectivity index (χ1) is 8.31. The number of carbonyl (C=O) groups excluding carboxylic acids is 2. The first kappa shape index (κ1) is 14.5. The second-order valence-electron chi connectivity index (χ2n) is 4.35.